The first-order valence-electron chi connectivity index (χ1n) is 8.03. The van der Waals surface area contributed by atoms with E-state index in [-0.39, 0.29) is 0 Å². The molecular weight excluding hydrogens is 234 g/mol. The van der Waals surface area contributed by atoms with Crippen LogP contribution in [-0.4, -0.2) is 62.2 Å². The molecule has 0 aromatic carbocycles. The molecule has 2 atom stereocenters. The van der Waals surface area contributed by atoms with Crippen LogP contribution in [-0.2, 0) is 0 Å². The Morgan fingerprint density at radius 2 is 1.84 bits per heavy atom. The first-order chi connectivity index (χ1) is 8.91. The van der Waals surface area contributed by atoms with Crippen LogP contribution in [0, 0.1) is 11.8 Å². The Morgan fingerprint density at radius 3 is 2.37 bits per heavy atom. The predicted molar refractivity (Wildman–Crippen MR) is 84.6 cm³/mol. The topological polar surface area (TPSA) is 18.5 Å². The molecule has 1 aliphatic rings. The second kappa shape index (κ2) is 8.23. The molecule has 1 N–H and O–H groups in total. The molecule has 0 aromatic heterocycles. The Morgan fingerprint density at radius 1 is 1.16 bits per heavy atom. The van der Waals surface area contributed by atoms with Crippen LogP contribution in [0.15, 0.2) is 0 Å². The fourth-order valence-corrected chi connectivity index (χ4v) is 3.01. The maximum Gasteiger partial charge on any atom is 0.0244 e. The lowest BCUT2D eigenvalue weighted by Gasteiger charge is -2.42. The van der Waals surface area contributed by atoms with Crippen LogP contribution in [0.2, 0.25) is 0 Å². The van der Waals surface area contributed by atoms with E-state index in [4.69, 9.17) is 0 Å². The molecule has 0 saturated carbocycles. The van der Waals surface area contributed by atoms with E-state index < -0.39 is 0 Å². The zero-order valence-corrected chi connectivity index (χ0v) is 13.9. The van der Waals surface area contributed by atoms with Gasteiger partial charge in [0.2, 0.25) is 0 Å². The molecule has 0 radical (unpaired) electrons. The molecule has 1 heterocycles. The highest BCUT2D eigenvalue weighted by molar-refractivity contribution is 4.85. The second-order valence-electron chi connectivity index (χ2n) is 7.12. The number of piperidine rings is 1. The zero-order chi connectivity index (χ0) is 14.4. The standard InChI is InChI=1S/C16H35N3/c1-13(2)10-17-11-16(14(3)4)19-9-7-8-15(12-19)18(5)6/h13-17H,7-12H2,1-6H3. The average molecular weight is 269 g/mol. The van der Waals surface area contributed by atoms with Gasteiger partial charge in [0.25, 0.3) is 0 Å². The van der Waals surface area contributed by atoms with Gasteiger partial charge in [0.15, 0.2) is 0 Å². The number of likely N-dealkylation sites (N-methyl/N-ethyl adjacent to an activating group) is 1. The monoisotopic (exact) mass is 269 g/mol. The third-order valence-electron chi connectivity index (χ3n) is 4.30. The Labute approximate surface area is 120 Å². The van der Waals surface area contributed by atoms with E-state index in [0.717, 1.165) is 31.0 Å². The Hall–Kier alpha value is -0.120. The van der Waals surface area contributed by atoms with Crippen LogP contribution in [0.4, 0.5) is 0 Å². The molecule has 0 bridgehead atoms. The van der Waals surface area contributed by atoms with Crippen molar-refractivity contribution in [1.29, 1.82) is 0 Å². The number of rotatable bonds is 7. The third-order valence-corrected chi connectivity index (χ3v) is 4.30. The summed E-state index contributed by atoms with van der Waals surface area (Å²) < 4.78 is 0. The van der Waals surface area contributed by atoms with E-state index in [0.29, 0.717) is 6.04 Å². The number of likely N-dealkylation sites (tertiary alicyclic amines) is 1. The SMILES string of the molecule is CC(C)CNCC(C(C)C)N1CCCC(N(C)C)C1. The highest BCUT2D eigenvalue weighted by Crippen LogP contribution is 2.19. The summed E-state index contributed by atoms with van der Waals surface area (Å²) in [5, 5.41) is 3.65. The average Bonchev–Trinajstić information content (AvgIpc) is 2.34. The van der Waals surface area contributed by atoms with Crippen LogP contribution in [0.1, 0.15) is 40.5 Å². The third kappa shape index (κ3) is 5.80. The van der Waals surface area contributed by atoms with Gasteiger partial charge in [0.05, 0.1) is 0 Å². The van der Waals surface area contributed by atoms with E-state index in [1.807, 2.05) is 0 Å². The number of hydrogen-bond donors (Lipinski definition) is 1. The first-order valence-corrected chi connectivity index (χ1v) is 8.03. The highest BCUT2D eigenvalue weighted by atomic mass is 15.2. The van der Waals surface area contributed by atoms with Crippen molar-refractivity contribution in [3.63, 3.8) is 0 Å². The summed E-state index contributed by atoms with van der Waals surface area (Å²) in [6.07, 6.45) is 2.70. The number of nitrogens with zero attached hydrogens (tertiary/aromatic N) is 2. The molecule has 1 fully saturated rings. The quantitative estimate of drug-likeness (QED) is 0.765. The van der Waals surface area contributed by atoms with Crippen LogP contribution in [0.5, 0.6) is 0 Å². The number of nitrogens with one attached hydrogen (secondary N) is 1. The Balaban J connectivity index is 2.50. The molecule has 0 amide bonds. The summed E-state index contributed by atoms with van der Waals surface area (Å²) in [6, 6.07) is 1.42. The van der Waals surface area contributed by atoms with Crippen LogP contribution < -0.4 is 5.32 Å². The summed E-state index contributed by atoms with van der Waals surface area (Å²) in [7, 11) is 4.44. The lowest BCUT2D eigenvalue weighted by molar-refractivity contribution is 0.0749. The van der Waals surface area contributed by atoms with Gasteiger partial charge in [-0.25, -0.2) is 0 Å². The van der Waals surface area contributed by atoms with Gasteiger partial charge < -0.3 is 10.2 Å². The van der Waals surface area contributed by atoms with E-state index >= 15 is 0 Å². The molecule has 0 aromatic rings. The molecule has 0 aliphatic carbocycles. The molecular formula is C16H35N3. The largest absolute Gasteiger partial charge is 0.315 e. The van der Waals surface area contributed by atoms with Gasteiger partial charge >= 0.3 is 0 Å². The molecule has 1 aliphatic heterocycles. The molecule has 1 rings (SSSR count). The Kier molecular flexibility index (Phi) is 7.33. The van der Waals surface area contributed by atoms with Crippen LogP contribution in [0.3, 0.4) is 0 Å². The summed E-state index contributed by atoms with van der Waals surface area (Å²) in [5.74, 6) is 1.46. The fourth-order valence-electron chi connectivity index (χ4n) is 3.01. The molecule has 19 heavy (non-hydrogen) atoms. The van der Waals surface area contributed by atoms with Crippen molar-refractivity contribution in [3.8, 4) is 0 Å². The van der Waals surface area contributed by atoms with Crippen molar-refractivity contribution >= 4 is 0 Å². The predicted octanol–water partition coefficient (Wildman–Crippen LogP) is 2.28. The van der Waals surface area contributed by atoms with Gasteiger partial charge in [-0.2, -0.15) is 0 Å². The molecule has 3 nitrogen and oxygen atoms in total. The normalized spacial score (nSPS) is 23.5. The molecule has 1 saturated heterocycles. The van der Waals surface area contributed by atoms with Crippen molar-refractivity contribution in [2.75, 3.05) is 40.3 Å². The van der Waals surface area contributed by atoms with Gasteiger partial charge in [-0.3, -0.25) is 4.90 Å². The minimum Gasteiger partial charge on any atom is -0.315 e. The van der Waals surface area contributed by atoms with E-state index in [2.05, 4.69) is 56.9 Å². The summed E-state index contributed by atoms with van der Waals surface area (Å²) in [4.78, 5) is 5.11. The smallest absolute Gasteiger partial charge is 0.0244 e. The van der Waals surface area contributed by atoms with Crippen LogP contribution >= 0.6 is 0 Å². The van der Waals surface area contributed by atoms with Crippen molar-refractivity contribution in [2.45, 2.75) is 52.6 Å². The van der Waals surface area contributed by atoms with Crippen molar-refractivity contribution in [3.05, 3.63) is 0 Å². The minimum atomic E-state index is 0.682. The summed E-state index contributed by atoms with van der Waals surface area (Å²) in [6.45, 7) is 14.1. The van der Waals surface area contributed by atoms with E-state index in [1.165, 1.54) is 25.9 Å². The lowest BCUT2D eigenvalue weighted by Crippen LogP contribution is -2.53. The van der Waals surface area contributed by atoms with E-state index in [9.17, 15) is 0 Å². The van der Waals surface area contributed by atoms with Gasteiger partial charge in [0.1, 0.15) is 0 Å². The number of hydrogen-bond acceptors (Lipinski definition) is 3. The van der Waals surface area contributed by atoms with Crippen molar-refractivity contribution < 1.29 is 0 Å². The Bertz CT molecular complexity index is 238. The maximum atomic E-state index is 3.65. The summed E-state index contributed by atoms with van der Waals surface area (Å²) in [5.41, 5.74) is 0. The lowest BCUT2D eigenvalue weighted by atomic mass is 9.97. The van der Waals surface area contributed by atoms with Gasteiger partial charge in [-0.1, -0.05) is 27.7 Å². The first kappa shape index (κ1) is 16.9. The van der Waals surface area contributed by atoms with Gasteiger partial charge in [-0.15, -0.1) is 0 Å². The maximum absolute atomic E-state index is 3.65. The molecule has 114 valence electrons. The summed E-state index contributed by atoms with van der Waals surface area (Å²) >= 11 is 0. The second-order valence-corrected chi connectivity index (χ2v) is 7.12. The highest BCUT2D eigenvalue weighted by Gasteiger charge is 2.28. The van der Waals surface area contributed by atoms with Crippen molar-refractivity contribution in [1.82, 2.24) is 15.1 Å². The zero-order valence-electron chi connectivity index (χ0n) is 13.9. The molecule has 0 spiro atoms. The van der Waals surface area contributed by atoms with E-state index in [1.54, 1.807) is 0 Å². The van der Waals surface area contributed by atoms with Gasteiger partial charge in [0, 0.05) is 25.2 Å². The van der Waals surface area contributed by atoms with Crippen LogP contribution in [0.25, 0.3) is 0 Å². The molecule has 2 unspecified atom stereocenters. The minimum absolute atomic E-state index is 0.682. The van der Waals surface area contributed by atoms with Crippen molar-refractivity contribution in [2.24, 2.45) is 11.8 Å². The van der Waals surface area contributed by atoms with Gasteiger partial charge in [-0.05, 0) is 51.9 Å². The molecule has 3 heteroatoms. The fraction of sp³-hybridized carbons (Fsp3) is 1.00.